The zero-order valence-corrected chi connectivity index (χ0v) is 15.1. The van der Waals surface area contributed by atoms with Gasteiger partial charge in [-0.3, -0.25) is 4.79 Å². The molecule has 1 heterocycles. The zero-order chi connectivity index (χ0) is 18.3. The minimum atomic E-state index is -0.704. The van der Waals surface area contributed by atoms with Gasteiger partial charge in [0.05, 0.1) is 12.1 Å². The molecule has 0 atom stereocenters. The number of hydrogen-bond donors (Lipinski definition) is 1. The van der Waals surface area contributed by atoms with E-state index in [1.54, 1.807) is 20.8 Å². The summed E-state index contributed by atoms with van der Waals surface area (Å²) in [5.74, 6) is -1.17. The monoisotopic (exact) mass is 335 g/mol. The smallest absolute Gasteiger partial charge is 0.343 e. The second-order valence-corrected chi connectivity index (χ2v) is 5.34. The van der Waals surface area contributed by atoms with Crippen molar-refractivity contribution in [3.8, 4) is 0 Å². The maximum absolute atomic E-state index is 13.7. The quantitative estimate of drug-likeness (QED) is 0.812. The summed E-state index contributed by atoms with van der Waals surface area (Å²) in [5, 5.41) is 0.158. The van der Waals surface area contributed by atoms with Gasteiger partial charge in [0.1, 0.15) is 11.4 Å². The molecule has 5 heteroatoms. The third kappa shape index (κ3) is 4.66. The number of rotatable bonds is 2. The van der Waals surface area contributed by atoms with E-state index >= 15 is 0 Å². The van der Waals surface area contributed by atoms with Crippen molar-refractivity contribution in [3.63, 3.8) is 0 Å². The molecule has 0 bridgehead atoms. The third-order valence-corrected chi connectivity index (χ3v) is 3.54. The van der Waals surface area contributed by atoms with Gasteiger partial charge in [-0.15, -0.1) is 0 Å². The molecule has 3 rings (SSSR count). The van der Waals surface area contributed by atoms with E-state index in [-0.39, 0.29) is 17.6 Å². The molecule has 1 N–H and O–H groups in total. The Morgan fingerprint density at radius 1 is 1.21 bits per heavy atom. The van der Waals surface area contributed by atoms with Crippen LogP contribution in [0.4, 0.5) is 4.39 Å². The van der Waals surface area contributed by atoms with E-state index in [1.165, 1.54) is 25.5 Å². The highest BCUT2D eigenvalue weighted by Crippen LogP contribution is 2.20. The number of aryl methyl sites for hydroxylation is 1. The van der Waals surface area contributed by atoms with Crippen LogP contribution in [0.3, 0.4) is 0 Å². The molecule has 1 aromatic heterocycles. The van der Waals surface area contributed by atoms with Crippen molar-refractivity contribution in [1.82, 2.24) is 4.98 Å². The topological polar surface area (TPSA) is 59.2 Å². The number of aromatic amines is 1. The van der Waals surface area contributed by atoms with E-state index in [4.69, 9.17) is 4.74 Å². The molecule has 1 aliphatic rings. The number of benzene rings is 1. The molecule has 0 saturated heterocycles. The van der Waals surface area contributed by atoms with Crippen LogP contribution in [0.5, 0.6) is 0 Å². The highest BCUT2D eigenvalue weighted by Gasteiger charge is 2.16. The average Bonchev–Trinajstić information content (AvgIpc) is 3.45. The van der Waals surface area contributed by atoms with Crippen LogP contribution in [0.2, 0.25) is 0 Å². The number of pyridine rings is 1. The third-order valence-electron chi connectivity index (χ3n) is 3.54. The normalized spacial score (nSPS) is 11.8. The van der Waals surface area contributed by atoms with Crippen LogP contribution >= 0.6 is 0 Å². The summed E-state index contributed by atoms with van der Waals surface area (Å²) in [6, 6.07) is 1.15. The first-order valence-electron chi connectivity index (χ1n) is 8.45. The summed E-state index contributed by atoms with van der Waals surface area (Å²) >= 11 is 0. The Morgan fingerprint density at radius 3 is 2.29 bits per heavy atom. The first kappa shape index (κ1) is 19.9. The minimum absolute atomic E-state index is 0.114. The molecule has 1 aliphatic carbocycles. The first-order valence-corrected chi connectivity index (χ1v) is 8.45. The van der Waals surface area contributed by atoms with Crippen LogP contribution in [-0.2, 0) is 4.74 Å². The van der Waals surface area contributed by atoms with E-state index in [2.05, 4.69) is 4.98 Å². The number of H-pyrrole nitrogens is 1. The number of nitrogens with one attached hydrogen (secondary N) is 1. The fourth-order valence-corrected chi connectivity index (χ4v) is 1.96. The van der Waals surface area contributed by atoms with Crippen molar-refractivity contribution in [1.29, 1.82) is 0 Å². The lowest BCUT2D eigenvalue weighted by Crippen LogP contribution is -2.18. The summed E-state index contributed by atoms with van der Waals surface area (Å²) in [5.41, 5.74) is 1.04. The molecule has 132 valence electrons. The fraction of sp³-hybridized carbons (Fsp3) is 0.474. The standard InChI is InChI=1S/C14H14FNO3.C3H6.C2H6/c1-4-19-14(18)10-6-16-12-8(3)7(2)11(15)5-9(12)13(10)17;1-2-3-1;1-2/h5-6H,4H2,1-3H3,(H,16,17);1-3H2;1-2H3. The largest absolute Gasteiger partial charge is 0.462 e. The number of ether oxygens (including phenoxy) is 1. The molecule has 1 saturated carbocycles. The Labute approximate surface area is 142 Å². The molecule has 4 nitrogen and oxygen atoms in total. The lowest BCUT2D eigenvalue weighted by molar-refractivity contribution is 0.0524. The van der Waals surface area contributed by atoms with Crippen LogP contribution in [0.25, 0.3) is 10.9 Å². The summed E-state index contributed by atoms with van der Waals surface area (Å²) in [6.45, 7) is 9.19. The van der Waals surface area contributed by atoms with Gasteiger partial charge < -0.3 is 9.72 Å². The van der Waals surface area contributed by atoms with Crippen LogP contribution < -0.4 is 5.43 Å². The van der Waals surface area contributed by atoms with Crippen molar-refractivity contribution in [3.05, 3.63) is 45.0 Å². The SMILES string of the molecule is C1CC1.CC.CCOC(=O)c1c[nH]c2c(C)c(C)c(F)cc2c1=O. The van der Waals surface area contributed by atoms with Crippen molar-refractivity contribution in [2.45, 2.75) is 53.9 Å². The van der Waals surface area contributed by atoms with Gasteiger partial charge in [-0.25, -0.2) is 9.18 Å². The molecule has 1 aromatic carbocycles. The highest BCUT2D eigenvalue weighted by atomic mass is 19.1. The van der Waals surface area contributed by atoms with Gasteiger partial charge in [0.2, 0.25) is 5.43 Å². The van der Waals surface area contributed by atoms with Crippen molar-refractivity contribution in [2.75, 3.05) is 6.61 Å². The number of hydrogen-bond acceptors (Lipinski definition) is 3. The molecule has 0 unspecified atom stereocenters. The predicted molar refractivity (Wildman–Crippen MR) is 95.2 cm³/mol. The number of carbonyl (C=O) groups excluding carboxylic acids is 1. The Morgan fingerprint density at radius 2 is 1.79 bits per heavy atom. The molecule has 1 fully saturated rings. The second-order valence-electron chi connectivity index (χ2n) is 5.34. The molecule has 2 aromatic rings. The molecule has 0 aliphatic heterocycles. The minimum Gasteiger partial charge on any atom is -0.462 e. The average molecular weight is 335 g/mol. The summed E-state index contributed by atoms with van der Waals surface area (Å²) < 4.78 is 18.5. The van der Waals surface area contributed by atoms with Gasteiger partial charge >= 0.3 is 5.97 Å². The first-order chi connectivity index (χ1) is 11.5. The zero-order valence-electron chi connectivity index (χ0n) is 15.1. The van der Waals surface area contributed by atoms with Crippen molar-refractivity contribution < 1.29 is 13.9 Å². The highest BCUT2D eigenvalue weighted by molar-refractivity contribution is 5.94. The molecular weight excluding hydrogens is 309 g/mol. The van der Waals surface area contributed by atoms with E-state index < -0.39 is 17.2 Å². The van der Waals surface area contributed by atoms with Crippen molar-refractivity contribution >= 4 is 16.9 Å². The molecule has 0 amide bonds. The van der Waals surface area contributed by atoms with E-state index in [0.717, 1.165) is 6.07 Å². The lowest BCUT2D eigenvalue weighted by atomic mass is 10.0. The van der Waals surface area contributed by atoms with Crippen LogP contribution in [0, 0.1) is 19.7 Å². The number of esters is 1. The van der Waals surface area contributed by atoms with Gasteiger partial charge in [0.25, 0.3) is 0 Å². The molecule has 0 spiro atoms. The Hall–Kier alpha value is -2.17. The maximum atomic E-state index is 13.7. The van der Waals surface area contributed by atoms with E-state index in [0.29, 0.717) is 16.6 Å². The molecular formula is C19H26FNO3. The van der Waals surface area contributed by atoms with Gasteiger partial charge in [-0.1, -0.05) is 33.1 Å². The van der Waals surface area contributed by atoms with Gasteiger partial charge in [-0.2, -0.15) is 0 Å². The second kappa shape index (κ2) is 9.21. The Bertz CT molecular complexity index is 761. The van der Waals surface area contributed by atoms with E-state index in [9.17, 15) is 14.0 Å². The molecule has 24 heavy (non-hydrogen) atoms. The van der Waals surface area contributed by atoms with Gasteiger partial charge in [0, 0.05) is 11.6 Å². The number of halogens is 1. The van der Waals surface area contributed by atoms with Crippen molar-refractivity contribution in [2.24, 2.45) is 0 Å². The number of fused-ring (bicyclic) bond motifs is 1. The Kier molecular flexibility index (Phi) is 7.62. The van der Waals surface area contributed by atoms with Crippen LogP contribution in [0.15, 0.2) is 17.1 Å². The van der Waals surface area contributed by atoms with Gasteiger partial charge in [-0.05, 0) is 38.0 Å². The van der Waals surface area contributed by atoms with Gasteiger partial charge in [0.15, 0.2) is 0 Å². The number of carbonyl (C=O) groups is 1. The summed E-state index contributed by atoms with van der Waals surface area (Å²) in [7, 11) is 0. The summed E-state index contributed by atoms with van der Waals surface area (Å²) in [6.07, 6.45) is 5.81. The summed E-state index contributed by atoms with van der Waals surface area (Å²) in [4.78, 5) is 26.7. The van der Waals surface area contributed by atoms with Crippen LogP contribution in [0.1, 0.15) is 61.5 Å². The van der Waals surface area contributed by atoms with Crippen LogP contribution in [-0.4, -0.2) is 17.6 Å². The maximum Gasteiger partial charge on any atom is 0.343 e. The lowest BCUT2D eigenvalue weighted by Gasteiger charge is -2.08. The number of aromatic nitrogens is 1. The van der Waals surface area contributed by atoms with E-state index in [1.807, 2.05) is 13.8 Å². The Balaban J connectivity index is 0.000000503. The predicted octanol–water partition coefficient (Wildman–Crippen LogP) is 4.66. The molecule has 0 radical (unpaired) electrons. The fourth-order valence-electron chi connectivity index (χ4n) is 1.96.